The highest BCUT2D eigenvalue weighted by Gasteiger charge is 2.26. The third-order valence-electron chi connectivity index (χ3n) is 4.98. The van der Waals surface area contributed by atoms with Crippen LogP contribution in [0.2, 0.25) is 0 Å². The van der Waals surface area contributed by atoms with Gasteiger partial charge in [-0.1, -0.05) is 13.0 Å². The van der Waals surface area contributed by atoms with E-state index in [1.54, 1.807) is 6.92 Å². The number of hydrogen-bond donors (Lipinski definition) is 3. The van der Waals surface area contributed by atoms with Gasteiger partial charge in [0.2, 0.25) is 10.0 Å². The zero-order valence-electron chi connectivity index (χ0n) is 14.9. The Kier molecular flexibility index (Phi) is 5.34. The van der Waals surface area contributed by atoms with Gasteiger partial charge >= 0.3 is 6.03 Å². The fraction of sp³-hybridized carbons (Fsp3) is 0.611. The number of anilines is 1. The molecule has 3 rings (SSSR count). The molecule has 0 aliphatic heterocycles. The van der Waals surface area contributed by atoms with E-state index in [9.17, 15) is 13.2 Å². The lowest BCUT2D eigenvalue weighted by molar-refractivity contribution is 0.256. The van der Waals surface area contributed by atoms with Crippen molar-refractivity contribution in [3.8, 4) is 0 Å². The Morgan fingerprint density at radius 2 is 1.72 bits per heavy atom. The molecular weight excluding hydrogens is 338 g/mol. The second-order valence-corrected chi connectivity index (χ2v) is 8.80. The fourth-order valence-electron chi connectivity index (χ4n) is 4.03. The zero-order valence-corrected chi connectivity index (χ0v) is 15.8. The normalized spacial score (nSPS) is 17.0. The lowest BCUT2D eigenvalue weighted by atomic mass is 9.99. The van der Waals surface area contributed by atoms with Gasteiger partial charge in [-0.2, -0.15) is 0 Å². The first-order chi connectivity index (χ1) is 11.9. The number of carbonyl (C=O) groups excluding carboxylic acids is 1. The molecule has 0 aromatic heterocycles. The quantitative estimate of drug-likeness (QED) is 0.721. The van der Waals surface area contributed by atoms with E-state index < -0.39 is 16.1 Å². The molecule has 0 bridgehead atoms. The highest BCUT2D eigenvalue weighted by atomic mass is 32.2. The number of urea groups is 1. The highest BCUT2D eigenvalue weighted by molar-refractivity contribution is 7.90. The largest absolute Gasteiger partial charge is 0.332 e. The van der Waals surface area contributed by atoms with Crippen LogP contribution in [0.25, 0.3) is 0 Å². The molecule has 0 fully saturated rings. The van der Waals surface area contributed by atoms with E-state index in [4.69, 9.17) is 0 Å². The first-order valence-electron chi connectivity index (χ1n) is 9.11. The van der Waals surface area contributed by atoms with Crippen LogP contribution in [0.1, 0.15) is 48.9 Å². The van der Waals surface area contributed by atoms with Gasteiger partial charge in [0.1, 0.15) is 0 Å². The maximum Gasteiger partial charge on any atom is 0.332 e. The Balaban J connectivity index is 1.74. The molecule has 1 aromatic rings. The van der Waals surface area contributed by atoms with Crippen LogP contribution in [0.15, 0.2) is 6.07 Å². The van der Waals surface area contributed by atoms with Gasteiger partial charge in [-0.25, -0.2) is 17.9 Å². The van der Waals surface area contributed by atoms with Crippen LogP contribution in [-0.2, 0) is 35.7 Å². The van der Waals surface area contributed by atoms with E-state index in [-0.39, 0.29) is 11.8 Å². The molecule has 0 radical (unpaired) electrons. The summed E-state index contributed by atoms with van der Waals surface area (Å²) in [6, 6.07) is 1.42. The SMILES string of the molecule is CCNC(C)CS(=O)(=O)NC(=O)Nc1c2c(cc3c1CCC3)CCC2. The van der Waals surface area contributed by atoms with Gasteiger partial charge in [-0.3, -0.25) is 0 Å². The lowest BCUT2D eigenvalue weighted by Crippen LogP contribution is -2.42. The number of hydrogen-bond acceptors (Lipinski definition) is 4. The van der Waals surface area contributed by atoms with Crippen molar-refractivity contribution in [2.45, 2.75) is 58.4 Å². The Bertz CT molecular complexity index is 742. The zero-order chi connectivity index (χ0) is 18.0. The molecule has 1 aromatic carbocycles. The minimum absolute atomic E-state index is 0.126. The molecular formula is C18H27N3O3S. The van der Waals surface area contributed by atoms with Crippen molar-refractivity contribution >= 4 is 21.7 Å². The summed E-state index contributed by atoms with van der Waals surface area (Å²) >= 11 is 0. The standard InChI is InChI=1S/C18H27N3O3S/c1-3-19-12(2)11-25(23,24)21-18(22)20-17-15-8-4-6-13(15)10-14-7-5-9-16(14)17/h10,12,19H,3-9,11H2,1-2H3,(H2,20,21,22). The summed E-state index contributed by atoms with van der Waals surface area (Å²) in [5.41, 5.74) is 5.84. The van der Waals surface area contributed by atoms with Gasteiger partial charge in [0, 0.05) is 11.7 Å². The van der Waals surface area contributed by atoms with Crippen molar-refractivity contribution in [3.05, 3.63) is 28.3 Å². The Labute approximate surface area is 149 Å². The molecule has 25 heavy (non-hydrogen) atoms. The third-order valence-corrected chi connectivity index (χ3v) is 6.42. The molecule has 0 heterocycles. The van der Waals surface area contributed by atoms with Gasteiger partial charge in [-0.15, -0.1) is 0 Å². The summed E-state index contributed by atoms with van der Waals surface area (Å²) in [5, 5.41) is 5.90. The molecule has 1 atom stereocenters. The average molecular weight is 365 g/mol. The Hall–Kier alpha value is -1.60. The van der Waals surface area contributed by atoms with Crippen LogP contribution in [0.4, 0.5) is 10.5 Å². The van der Waals surface area contributed by atoms with E-state index in [1.165, 1.54) is 22.3 Å². The van der Waals surface area contributed by atoms with Crippen LogP contribution >= 0.6 is 0 Å². The van der Waals surface area contributed by atoms with Crippen molar-refractivity contribution in [2.75, 3.05) is 17.6 Å². The minimum atomic E-state index is -3.68. The molecule has 0 saturated heterocycles. The predicted molar refractivity (Wildman–Crippen MR) is 99.6 cm³/mol. The van der Waals surface area contributed by atoms with E-state index in [0.717, 1.165) is 44.2 Å². The highest BCUT2D eigenvalue weighted by Crippen LogP contribution is 2.38. The summed E-state index contributed by atoms with van der Waals surface area (Å²) in [6.45, 7) is 4.39. The van der Waals surface area contributed by atoms with Crippen LogP contribution < -0.4 is 15.4 Å². The topological polar surface area (TPSA) is 87.3 Å². The maximum atomic E-state index is 12.3. The van der Waals surface area contributed by atoms with Crippen molar-refractivity contribution in [3.63, 3.8) is 0 Å². The Morgan fingerprint density at radius 1 is 1.12 bits per heavy atom. The van der Waals surface area contributed by atoms with Crippen molar-refractivity contribution in [1.29, 1.82) is 0 Å². The molecule has 3 N–H and O–H groups in total. The number of nitrogens with one attached hydrogen (secondary N) is 3. The number of carbonyl (C=O) groups is 1. The van der Waals surface area contributed by atoms with Crippen molar-refractivity contribution in [1.82, 2.24) is 10.0 Å². The molecule has 2 amide bonds. The number of sulfonamides is 1. The Morgan fingerprint density at radius 3 is 2.28 bits per heavy atom. The van der Waals surface area contributed by atoms with Crippen LogP contribution in [-0.4, -0.2) is 32.8 Å². The predicted octanol–water partition coefficient (Wildman–Crippen LogP) is 2.11. The van der Waals surface area contributed by atoms with Gasteiger partial charge in [0.25, 0.3) is 0 Å². The van der Waals surface area contributed by atoms with Crippen LogP contribution in [0.3, 0.4) is 0 Å². The average Bonchev–Trinajstić information content (AvgIpc) is 3.14. The van der Waals surface area contributed by atoms with Crippen molar-refractivity contribution in [2.24, 2.45) is 0 Å². The van der Waals surface area contributed by atoms with Crippen LogP contribution in [0.5, 0.6) is 0 Å². The fourth-order valence-corrected chi connectivity index (χ4v) is 5.22. The maximum absolute atomic E-state index is 12.3. The van der Waals surface area contributed by atoms with Crippen LogP contribution in [0, 0.1) is 0 Å². The molecule has 6 nitrogen and oxygen atoms in total. The minimum Gasteiger partial charge on any atom is -0.313 e. The molecule has 0 spiro atoms. The van der Waals surface area contributed by atoms with Gasteiger partial charge in [-0.05, 0) is 74.2 Å². The van der Waals surface area contributed by atoms with E-state index in [2.05, 4.69) is 21.4 Å². The summed E-state index contributed by atoms with van der Waals surface area (Å²) in [5.74, 6) is -0.126. The lowest BCUT2D eigenvalue weighted by Gasteiger charge is -2.17. The van der Waals surface area contributed by atoms with E-state index >= 15 is 0 Å². The summed E-state index contributed by atoms with van der Waals surface area (Å²) in [7, 11) is -3.68. The number of fused-ring (bicyclic) bond motifs is 2. The summed E-state index contributed by atoms with van der Waals surface area (Å²) in [4.78, 5) is 12.3. The summed E-state index contributed by atoms with van der Waals surface area (Å²) in [6.07, 6.45) is 6.15. The molecule has 2 aliphatic carbocycles. The molecule has 1 unspecified atom stereocenters. The number of benzene rings is 1. The second-order valence-electron chi connectivity index (χ2n) is 7.03. The van der Waals surface area contributed by atoms with E-state index in [1.807, 2.05) is 6.92 Å². The van der Waals surface area contributed by atoms with Gasteiger partial charge < -0.3 is 10.6 Å². The molecule has 138 valence electrons. The number of rotatable bonds is 6. The van der Waals surface area contributed by atoms with Gasteiger partial charge in [0.15, 0.2) is 0 Å². The smallest absolute Gasteiger partial charge is 0.313 e. The van der Waals surface area contributed by atoms with Crippen molar-refractivity contribution < 1.29 is 13.2 Å². The number of aryl methyl sites for hydroxylation is 2. The second kappa shape index (κ2) is 7.33. The molecule has 7 heteroatoms. The monoisotopic (exact) mass is 365 g/mol. The number of amides is 2. The first-order valence-corrected chi connectivity index (χ1v) is 10.8. The summed E-state index contributed by atoms with van der Waals surface area (Å²) < 4.78 is 26.5. The third kappa shape index (κ3) is 4.15. The van der Waals surface area contributed by atoms with Gasteiger partial charge in [0.05, 0.1) is 5.75 Å². The molecule has 0 saturated carbocycles. The molecule has 2 aliphatic rings. The van der Waals surface area contributed by atoms with E-state index in [0.29, 0.717) is 6.54 Å². The first kappa shape index (κ1) is 18.2.